The van der Waals surface area contributed by atoms with Gasteiger partial charge in [0.2, 0.25) is 0 Å². The Kier molecular flexibility index (Phi) is 3.29. The van der Waals surface area contributed by atoms with Crippen molar-refractivity contribution in [2.24, 2.45) is 5.73 Å². The van der Waals surface area contributed by atoms with Crippen LogP contribution in [-0.2, 0) is 0 Å². The van der Waals surface area contributed by atoms with Gasteiger partial charge in [-0.2, -0.15) is 0 Å². The van der Waals surface area contributed by atoms with Gasteiger partial charge in [0.15, 0.2) is 0 Å². The number of hydrogen-bond acceptors (Lipinski definition) is 3. The van der Waals surface area contributed by atoms with Gasteiger partial charge >= 0.3 is 0 Å². The van der Waals surface area contributed by atoms with Gasteiger partial charge in [-0.1, -0.05) is 23.2 Å². The van der Waals surface area contributed by atoms with E-state index in [9.17, 15) is 0 Å². The van der Waals surface area contributed by atoms with Crippen LogP contribution < -0.4 is 5.73 Å². The van der Waals surface area contributed by atoms with Crippen molar-refractivity contribution in [2.45, 2.75) is 6.04 Å². The van der Waals surface area contributed by atoms with E-state index in [1.54, 1.807) is 12.1 Å². The van der Waals surface area contributed by atoms with Crippen molar-refractivity contribution in [2.75, 3.05) is 6.61 Å². The Hall–Kier alpha value is -0.350. The molecular formula is C7H8Cl2N2O. The summed E-state index contributed by atoms with van der Waals surface area (Å²) in [5.41, 5.74) is 6.03. The molecule has 5 heteroatoms. The lowest BCUT2D eigenvalue weighted by Crippen LogP contribution is -2.15. The SMILES string of the molecule is N[C@H](CO)c1ccc(Cl)c(Cl)n1. The molecule has 0 saturated carbocycles. The smallest absolute Gasteiger partial charge is 0.147 e. The van der Waals surface area contributed by atoms with Gasteiger partial charge in [-0.3, -0.25) is 0 Å². The van der Waals surface area contributed by atoms with Crippen molar-refractivity contribution in [1.82, 2.24) is 4.98 Å². The molecule has 12 heavy (non-hydrogen) atoms. The monoisotopic (exact) mass is 206 g/mol. The first kappa shape index (κ1) is 9.74. The molecule has 0 aliphatic heterocycles. The second-order valence-corrected chi connectivity index (χ2v) is 3.06. The van der Waals surface area contributed by atoms with Crippen LogP contribution in [-0.4, -0.2) is 16.7 Å². The fourth-order valence-electron chi connectivity index (χ4n) is 0.731. The predicted octanol–water partition coefficient (Wildman–Crippen LogP) is 1.38. The van der Waals surface area contributed by atoms with Gasteiger partial charge in [0.25, 0.3) is 0 Å². The Balaban J connectivity index is 2.96. The summed E-state index contributed by atoms with van der Waals surface area (Å²) in [7, 11) is 0. The highest BCUT2D eigenvalue weighted by atomic mass is 35.5. The van der Waals surface area contributed by atoms with E-state index in [-0.39, 0.29) is 11.8 Å². The maximum absolute atomic E-state index is 8.71. The summed E-state index contributed by atoms with van der Waals surface area (Å²) in [6.45, 7) is -0.162. The number of rotatable bonds is 2. The zero-order valence-electron chi connectivity index (χ0n) is 6.17. The number of halogens is 2. The highest BCUT2D eigenvalue weighted by Crippen LogP contribution is 2.20. The fraction of sp³-hybridized carbons (Fsp3) is 0.286. The number of aliphatic hydroxyl groups is 1. The predicted molar refractivity (Wildman–Crippen MR) is 48.3 cm³/mol. The molecule has 0 aromatic carbocycles. The number of nitrogens with two attached hydrogens (primary N) is 1. The van der Waals surface area contributed by atoms with Gasteiger partial charge < -0.3 is 10.8 Å². The van der Waals surface area contributed by atoms with E-state index in [1.807, 2.05) is 0 Å². The van der Waals surface area contributed by atoms with Gasteiger partial charge in [0.1, 0.15) is 5.15 Å². The van der Waals surface area contributed by atoms with E-state index in [2.05, 4.69) is 4.98 Å². The molecule has 1 rings (SSSR count). The van der Waals surface area contributed by atoms with Crippen LogP contribution in [0.1, 0.15) is 11.7 Å². The lowest BCUT2D eigenvalue weighted by atomic mass is 10.2. The summed E-state index contributed by atoms with van der Waals surface area (Å²) >= 11 is 11.3. The van der Waals surface area contributed by atoms with Crippen LogP contribution in [0.25, 0.3) is 0 Å². The summed E-state index contributed by atoms with van der Waals surface area (Å²) < 4.78 is 0. The van der Waals surface area contributed by atoms with Crippen molar-refractivity contribution in [1.29, 1.82) is 0 Å². The van der Waals surface area contributed by atoms with Gasteiger partial charge in [-0.25, -0.2) is 4.98 Å². The molecule has 3 N–H and O–H groups in total. The van der Waals surface area contributed by atoms with Crippen LogP contribution in [0.4, 0.5) is 0 Å². The van der Waals surface area contributed by atoms with E-state index in [4.69, 9.17) is 34.0 Å². The molecule has 0 spiro atoms. The van der Waals surface area contributed by atoms with Crippen LogP contribution in [0.5, 0.6) is 0 Å². The minimum absolute atomic E-state index is 0.162. The molecule has 1 aromatic heterocycles. The minimum atomic E-state index is -0.500. The van der Waals surface area contributed by atoms with Gasteiger partial charge in [0.05, 0.1) is 23.4 Å². The van der Waals surface area contributed by atoms with Gasteiger partial charge in [0, 0.05) is 0 Å². The molecule has 66 valence electrons. The average Bonchev–Trinajstić information content (AvgIpc) is 2.08. The number of hydrogen-bond donors (Lipinski definition) is 2. The molecule has 0 aliphatic carbocycles. The van der Waals surface area contributed by atoms with Crippen molar-refractivity contribution < 1.29 is 5.11 Å². The minimum Gasteiger partial charge on any atom is -0.394 e. The van der Waals surface area contributed by atoms with E-state index < -0.39 is 6.04 Å². The highest BCUT2D eigenvalue weighted by Gasteiger charge is 2.07. The van der Waals surface area contributed by atoms with E-state index in [1.165, 1.54) is 0 Å². The van der Waals surface area contributed by atoms with E-state index >= 15 is 0 Å². The third-order valence-electron chi connectivity index (χ3n) is 1.40. The topological polar surface area (TPSA) is 59.1 Å². The standard InChI is InChI=1S/C7H8Cl2N2O/c8-4-1-2-6(5(10)3-12)11-7(4)9/h1-2,5,12H,3,10H2/t5-/m1/s1. The van der Waals surface area contributed by atoms with Crippen LogP contribution in [0.3, 0.4) is 0 Å². The third kappa shape index (κ3) is 2.08. The molecular weight excluding hydrogens is 199 g/mol. The number of nitrogens with zero attached hydrogens (tertiary/aromatic N) is 1. The van der Waals surface area contributed by atoms with Crippen LogP contribution in [0.2, 0.25) is 10.2 Å². The first-order valence-corrected chi connectivity index (χ1v) is 4.09. The molecule has 1 heterocycles. The average molecular weight is 207 g/mol. The van der Waals surface area contributed by atoms with Crippen molar-refractivity contribution in [3.8, 4) is 0 Å². The first-order valence-electron chi connectivity index (χ1n) is 3.33. The summed E-state index contributed by atoms with van der Waals surface area (Å²) in [5, 5.41) is 9.29. The first-order chi connectivity index (χ1) is 5.65. The van der Waals surface area contributed by atoms with Crippen molar-refractivity contribution >= 4 is 23.2 Å². The molecule has 0 amide bonds. The van der Waals surface area contributed by atoms with E-state index in [0.29, 0.717) is 10.7 Å². The second kappa shape index (κ2) is 4.05. The Morgan fingerprint density at radius 3 is 2.67 bits per heavy atom. The molecule has 1 atom stereocenters. The summed E-state index contributed by atoms with van der Waals surface area (Å²) in [4.78, 5) is 3.89. The quantitative estimate of drug-likeness (QED) is 0.720. The largest absolute Gasteiger partial charge is 0.394 e. The zero-order chi connectivity index (χ0) is 9.14. The third-order valence-corrected chi connectivity index (χ3v) is 2.09. The maximum Gasteiger partial charge on any atom is 0.147 e. The number of aromatic nitrogens is 1. The second-order valence-electron chi connectivity index (χ2n) is 2.30. The van der Waals surface area contributed by atoms with Crippen LogP contribution >= 0.6 is 23.2 Å². The van der Waals surface area contributed by atoms with Gasteiger partial charge in [-0.05, 0) is 12.1 Å². The zero-order valence-corrected chi connectivity index (χ0v) is 7.68. The highest BCUT2D eigenvalue weighted by molar-refractivity contribution is 6.41. The fourth-order valence-corrected chi connectivity index (χ4v) is 0.997. The molecule has 0 fully saturated rings. The Morgan fingerprint density at radius 1 is 1.50 bits per heavy atom. The summed E-state index contributed by atoms with van der Waals surface area (Å²) in [6.07, 6.45) is 0. The Labute approximate surface area is 80.1 Å². The number of pyridine rings is 1. The van der Waals surface area contributed by atoms with Gasteiger partial charge in [-0.15, -0.1) is 0 Å². The molecule has 0 saturated heterocycles. The maximum atomic E-state index is 8.71. The van der Waals surface area contributed by atoms with E-state index in [0.717, 1.165) is 0 Å². The molecule has 0 unspecified atom stereocenters. The Bertz CT molecular complexity index is 280. The molecule has 1 aromatic rings. The normalized spacial score (nSPS) is 13.0. The van der Waals surface area contributed by atoms with Crippen LogP contribution in [0.15, 0.2) is 12.1 Å². The molecule has 3 nitrogen and oxygen atoms in total. The van der Waals surface area contributed by atoms with Crippen molar-refractivity contribution in [3.63, 3.8) is 0 Å². The lowest BCUT2D eigenvalue weighted by Gasteiger charge is -2.07. The molecule has 0 aliphatic rings. The number of aliphatic hydroxyl groups excluding tert-OH is 1. The Morgan fingerprint density at radius 2 is 2.17 bits per heavy atom. The molecule has 0 bridgehead atoms. The van der Waals surface area contributed by atoms with Crippen LogP contribution in [0, 0.1) is 0 Å². The summed E-state index contributed by atoms with van der Waals surface area (Å²) in [6, 6.07) is 2.73. The summed E-state index contributed by atoms with van der Waals surface area (Å²) in [5.74, 6) is 0. The lowest BCUT2D eigenvalue weighted by molar-refractivity contribution is 0.266. The molecule has 0 radical (unpaired) electrons. The van der Waals surface area contributed by atoms with Crippen molar-refractivity contribution in [3.05, 3.63) is 28.0 Å².